The zero-order valence-corrected chi connectivity index (χ0v) is 15.7. The third kappa shape index (κ3) is 3.03. The third-order valence-corrected chi connectivity index (χ3v) is 5.22. The van der Waals surface area contributed by atoms with Crippen molar-refractivity contribution < 1.29 is 4.79 Å². The Balaban J connectivity index is 2.13. The van der Waals surface area contributed by atoms with E-state index >= 15 is 0 Å². The number of hydrogen-bond donors (Lipinski definition) is 0. The molecule has 0 N–H and O–H groups in total. The standard InChI is InChI=1S/C18H24BrN3O/c1-4-7-15-16(18(23)21-9-6-5-8-13(21)3)22-11-12(2)10-14(19)17(22)20-15/h10-11,13H,4-9H2,1-3H3. The van der Waals surface area contributed by atoms with Crippen LogP contribution in [0.5, 0.6) is 0 Å². The summed E-state index contributed by atoms with van der Waals surface area (Å²) < 4.78 is 2.93. The molecule has 0 saturated carbocycles. The van der Waals surface area contributed by atoms with Crippen molar-refractivity contribution in [1.29, 1.82) is 0 Å². The van der Waals surface area contributed by atoms with E-state index in [1.807, 2.05) is 22.4 Å². The lowest BCUT2D eigenvalue weighted by Crippen LogP contribution is -2.42. The first-order chi connectivity index (χ1) is 11.0. The number of pyridine rings is 1. The number of halogens is 1. The summed E-state index contributed by atoms with van der Waals surface area (Å²) in [4.78, 5) is 20.0. The van der Waals surface area contributed by atoms with E-state index in [1.54, 1.807) is 0 Å². The van der Waals surface area contributed by atoms with Crippen molar-refractivity contribution in [3.63, 3.8) is 0 Å². The second kappa shape index (κ2) is 6.63. The van der Waals surface area contributed by atoms with E-state index < -0.39 is 0 Å². The highest BCUT2D eigenvalue weighted by Gasteiger charge is 2.29. The Kier molecular flexibility index (Phi) is 4.76. The number of aromatic nitrogens is 2. The number of fused-ring (bicyclic) bond motifs is 1. The van der Waals surface area contributed by atoms with Crippen molar-refractivity contribution in [1.82, 2.24) is 14.3 Å². The second-order valence-electron chi connectivity index (χ2n) is 6.56. The van der Waals surface area contributed by atoms with Gasteiger partial charge in [0, 0.05) is 18.8 Å². The lowest BCUT2D eigenvalue weighted by atomic mass is 10.0. The first kappa shape index (κ1) is 16.5. The molecule has 0 aliphatic carbocycles. The molecule has 124 valence electrons. The smallest absolute Gasteiger partial charge is 0.273 e. The lowest BCUT2D eigenvalue weighted by Gasteiger charge is -2.33. The zero-order valence-electron chi connectivity index (χ0n) is 14.1. The summed E-state index contributed by atoms with van der Waals surface area (Å²) >= 11 is 3.60. The molecule has 3 heterocycles. The van der Waals surface area contributed by atoms with Gasteiger partial charge in [-0.25, -0.2) is 4.98 Å². The van der Waals surface area contributed by atoms with Crippen LogP contribution in [0.4, 0.5) is 0 Å². The monoisotopic (exact) mass is 377 g/mol. The van der Waals surface area contributed by atoms with Crippen molar-refractivity contribution in [2.24, 2.45) is 0 Å². The molecule has 4 nitrogen and oxygen atoms in total. The summed E-state index contributed by atoms with van der Waals surface area (Å²) in [5, 5.41) is 0. The Bertz CT molecular complexity index is 737. The Morgan fingerprint density at radius 2 is 2.22 bits per heavy atom. The fraction of sp³-hybridized carbons (Fsp3) is 0.556. The highest BCUT2D eigenvalue weighted by molar-refractivity contribution is 9.10. The van der Waals surface area contributed by atoms with E-state index in [9.17, 15) is 4.79 Å². The summed E-state index contributed by atoms with van der Waals surface area (Å²) in [6, 6.07) is 2.36. The Labute approximate surface area is 146 Å². The number of nitrogens with zero attached hydrogens (tertiary/aromatic N) is 3. The lowest BCUT2D eigenvalue weighted by molar-refractivity contribution is 0.0627. The zero-order chi connectivity index (χ0) is 16.6. The fourth-order valence-electron chi connectivity index (χ4n) is 3.45. The van der Waals surface area contributed by atoms with E-state index in [0.29, 0.717) is 6.04 Å². The van der Waals surface area contributed by atoms with Gasteiger partial charge >= 0.3 is 0 Å². The van der Waals surface area contributed by atoms with E-state index in [1.165, 1.54) is 6.42 Å². The summed E-state index contributed by atoms with van der Waals surface area (Å²) in [7, 11) is 0. The number of carbonyl (C=O) groups is 1. The molecule has 0 spiro atoms. The molecule has 1 amide bonds. The van der Waals surface area contributed by atoms with Crippen LogP contribution in [0.2, 0.25) is 0 Å². The maximum Gasteiger partial charge on any atom is 0.273 e. The predicted octanol–water partition coefficient (Wildman–Crippen LogP) is 4.37. The molecule has 2 aromatic rings. The van der Waals surface area contributed by atoms with E-state index in [4.69, 9.17) is 4.98 Å². The molecular formula is C18H24BrN3O. The summed E-state index contributed by atoms with van der Waals surface area (Å²) in [5.74, 6) is 0.130. The molecule has 1 saturated heterocycles. The summed E-state index contributed by atoms with van der Waals surface area (Å²) in [6.45, 7) is 7.18. The number of amides is 1. The largest absolute Gasteiger partial charge is 0.335 e. The van der Waals surface area contributed by atoms with Gasteiger partial charge in [-0.15, -0.1) is 0 Å². The minimum atomic E-state index is 0.130. The van der Waals surface area contributed by atoms with Gasteiger partial charge in [-0.1, -0.05) is 13.3 Å². The second-order valence-corrected chi connectivity index (χ2v) is 7.41. The molecule has 0 bridgehead atoms. The maximum absolute atomic E-state index is 13.3. The average Bonchev–Trinajstić information content (AvgIpc) is 2.86. The first-order valence-corrected chi connectivity index (χ1v) is 9.30. The van der Waals surface area contributed by atoms with Crippen molar-refractivity contribution >= 4 is 27.5 Å². The topological polar surface area (TPSA) is 37.6 Å². The molecular weight excluding hydrogens is 354 g/mol. The highest BCUT2D eigenvalue weighted by atomic mass is 79.9. The SMILES string of the molecule is CCCc1nc2c(Br)cc(C)cn2c1C(=O)N1CCCCC1C. The van der Waals surface area contributed by atoms with Crippen LogP contribution in [0.3, 0.4) is 0 Å². The van der Waals surface area contributed by atoms with Crippen molar-refractivity contribution in [3.8, 4) is 0 Å². The van der Waals surface area contributed by atoms with Crippen molar-refractivity contribution in [2.75, 3.05) is 6.54 Å². The molecule has 1 atom stereocenters. The Morgan fingerprint density at radius 3 is 2.91 bits per heavy atom. The number of carbonyl (C=O) groups excluding carboxylic acids is 1. The van der Waals surface area contributed by atoms with Gasteiger partial charge in [-0.2, -0.15) is 0 Å². The molecule has 5 heteroatoms. The van der Waals surface area contributed by atoms with E-state index in [0.717, 1.165) is 59.3 Å². The van der Waals surface area contributed by atoms with Crippen LogP contribution in [0.15, 0.2) is 16.7 Å². The van der Waals surface area contributed by atoms with Crippen LogP contribution in [-0.2, 0) is 6.42 Å². The van der Waals surface area contributed by atoms with E-state index in [-0.39, 0.29) is 5.91 Å². The molecule has 2 aromatic heterocycles. The minimum absolute atomic E-state index is 0.130. The number of likely N-dealkylation sites (tertiary alicyclic amines) is 1. The molecule has 1 fully saturated rings. The summed E-state index contributed by atoms with van der Waals surface area (Å²) in [5.41, 5.74) is 3.62. The van der Waals surface area contributed by atoms with Gasteiger partial charge in [-0.3, -0.25) is 9.20 Å². The van der Waals surface area contributed by atoms with Gasteiger partial charge in [0.15, 0.2) is 5.65 Å². The van der Waals surface area contributed by atoms with Crippen LogP contribution in [-0.4, -0.2) is 32.8 Å². The molecule has 1 aliphatic rings. The number of hydrogen-bond acceptors (Lipinski definition) is 2. The van der Waals surface area contributed by atoms with Gasteiger partial charge in [-0.05, 0) is 67.1 Å². The molecule has 23 heavy (non-hydrogen) atoms. The molecule has 3 rings (SSSR count). The Hall–Kier alpha value is -1.36. The number of imidazole rings is 1. The quantitative estimate of drug-likeness (QED) is 0.795. The van der Waals surface area contributed by atoms with Gasteiger partial charge in [0.1, 0.15) is 5.69 Å². The van der Waals surface area contributed by atoms with Gasteiger partial charge in [0.05, 0.1) is 10.2 Å². The van der Waals surface area contributed by atoms with Crippen LogP contribution >= 0.6 is 15.9 Å². The van der Waals surface area contributed by atoms with Crippen LogP contribution in [0.1, 0.15) is 61.3 Å². The highest BCUT2D eigenvalue weighted by Crippen LogP contribution is 2.26. The van der Waals surface area contributed by atoms with Crippen LogP contribution < -0.4 is 0 Å². The van der Waals surface area contributed by atoms with Crippen LogP contribution in [0.25, 0.3) is 5.65 Å². The number of piperidine rings is 1. The normalized spacial score (nSPS) is 18.6. The van der Waals surface area contributed by atoms with Gasteiger partial charge < -0.3 is 4.90 Å². The predicted molar refractivity (Wildman–Crippen MR) is 96.0 cm³/mol. The molecule has 0 aromatic carbocycles. The van der Waals surface area contributed by atoms with Gasteiger partial charge in [0.25, 0.3) is 5.91 Å². The van der Waals surface area contributed by atoms with Crippen molar-refractivity contribution in [3.05, 3.63) is 33.7 Å². The average molecular weight is 378 g/mol. The first-order valence-electron chi connectivity index (χ1n) is 8.51. The number of aryl methyl sites for hydroxylation is 2. The maximum atomic E-state index is 13.3. The molecule has 1 unspecified atom stereocenters. The minimum Gasteiger partial charge on any atom is -0.335 e. The van der Waals surface area contributed by atoms with E-state index in [2.05, 4.69) is 35.8 Å². The third-order valence-electron chi connectivity index (χ3n) is 4.64. The van der Waals surface area contributed by atoms with Gasteiger partial charge in [0.2, 0.25) is 0 Å². The number of rotatable bonds is 3. The summed E-state index contributed by atoms with van der Waals surface area (Å²) in [6.07, 6.45) is 7.23. The van der Waals surface area contributed by atoms with Crippen molar-refractivity contribution in [2.45, 2.75) is 58.9 Å². The Morgan fingerprint density at radius 1 is 1.43 bits per heavy atom. The fourth-order valence-corrected chi connectivity index (χ4v) is 4.09. The van der Waals surface area contributed by atoms with Crippen LogP contribution in [0, 0.1) is 6.92 Å². The molecule has 0 radical (unpaired) electrons. The molecule has 1 aliphatic heterocycles.